The van der Waals surface area contributed by atoms with Crippen molar-refractivity contribution in [3.63, 3.8) is 0 Å². The van der Waals surface area contributed by atoms with E-state index in [0.29, 0.717) is 26.4 Å². The van der Waals surface area contributed by atoms with E-state index in [0.717, 1.165) is 12.2 Å². The Balaban J connectivity index is 2.14. The van der Waals surface area contributed by atoms with Gasteiger partial charge in [-0.2, -0.15) is 0 Å². The van der Waals surface area contributed by atoms with Gasteiger partial charge in [-0.05, 0) is 24.1 Å². The van der Waals surface area contributed by atoms with Crippen molar-refractivity contribution < 1.29 is 14.2 Å². The minimum absolute atomic E-state index is 0.580. The monoisotopic (exact) mass is 238 g/mol. The van der Waals surface area contributed by atoms with Crippen LogP contribution in [0.25, 0.3) is 0 Å². The fourth-order valence-electron chi connectivity index (χ4n) is 1.50. The summed E-state index contributed by atoms with van der Waals surface area (Å²) in [5.74, 6) is 0.903. The molecule has 0 bridgehead atoms. The Morgan fingerprint density at radius 3 is 2.29 bits per heavy atom. The quantitative estimate of drug-likeness (QED) is 0.619. The highest BCUT2D eigenvalue weighted by Crippen LogP contribution is 2.13. The number of methoxy groups -OCH3 is 1. The summed E-state index contributed by atoms with van der Waals surface area (Å²) in [6.07, 6.45) is 2.30. The van der Waals surface area contributed by atoms with Gasteiger partial charge in [0.1, 0.15) is 12.4 Å². The van der Waals surface area contributed by atoms with Crippen molar-refractivity contribution in [1.29, 1.82) is 0 Å². The van der Waals surface area contributed by atoms with E-state index in [9.17, 15) is 0 Å². The molecule has 0 N–H and O–H groups in total. The van der Waals surface area contributed by atoms with E-state index in [-0.39, 0.29) is 0 Å². The Labute approximate surface area is 104 Å². The van der Waals surface area contributed by atoms with Crippen molar-refractivity contribution >= 4 is 0 Å². The molecule has 0 fully saturated rings. The van der Waals surface area contributed by atoms with Crippen LogP contribution >= 0.6 is 0 Å². The molecule has 3 heteroatoms. The largest absolute Gasteiger partial charge is 0.491 e. The second-order valence-corrected chi connectivity index (χ2v) is 3.85. The van der Waals surface area contributed by atoms with Crippen LogP contribution in [0, 0.1) is 0 Å². The molecule has 1 aromatic carbocycles. The molecule has 0 radical (unpaired) electrons. The van der Waals surface area contributed by atoms with Gasteiger partial charge in [0.2, 0.25) is 0 Å². The van der Waals surface area contributed by atoms with Gasteiger partial charge < -0.3 is 14.2 Å². The van der Waals surface area contributed by atoms with Gasteiger partial charge in [-0.15, -0.1) is 0 Å². The van der Waals surface area contributed by atoms with Crippen LogP contribution < -0.4 is 4.74 Å². The van der Waals surface area contributed by atoms with Crippen molar-refractivity contribution in [2.75, 3.05) is 33.5 Å². The van der Waals surface area contributed by atoms with E-state index < -0.39 is 0 Å². The third-order valence-electron chi connectivity index (χ3n) is 2.39. The highest BCUT2D eigenvalue weighted by atomic mass is 16.5. The Kier molecular flexibility index (Phi) is 7.43. The van der Waals surface area contributed by atoms with Crippen LogP contribution in [-0.2, 0) is 15.9 Å². The molecule has 1 aromatic rings. The van der Waals surface area contributed by atoms with Gasteiger partial charge in [-0.1, -0.05) is 25.5 Å². The lowest BCUT2D eigenvalue weighted by Gasteiger charge is -2.07. The van der Waals surface area contributed by atoms with Crippen molar-refractivity contribution in [3.8, 4) is 5.75 Å². The molecule has 0 unspecified atom stereocenters. The van der Waals surface area contributed by atoms with Crippen LogP contribution in [-0.4, -0.2) is 33.5 Å². The maximum Gasteiger partial charge on any atom is 0.119 e. The molecule has 0 aliphatic heterocycles. The van der Waals surface area contributed by atoms with Crippen LogP contribution in [0.1, 0.15) is 18.9 Å². The maximum absolute atomic E-state index is 5.55. The van der Waals surface area contributed by atoms with Crippen molar-refractivity contribution in [1.82, 2.24) is 0 Å². The Bertz CT molecular complexity index is 282. The SMILES string of the molecule is CCCc1ccc(OCCOCCOC)cc1. The Morgan fingerprint density at radius 2 is 1.65 bits per heavy atom. The molecule has 96 valence electrons. The predicted octanol–water partition coefficient (Wildman–Crippen LogP) is 2.68. The van der Waals surface area contributed by atoms with E-state index in [1.807, 2.05) is 12.1 Å². The summed E-state index contributed by atoms with van der Waals surface area (Å²) in [6, 6.07) is 8.26. The van der Waals surface area contributed by atoms with E-state index >= 15 is 0 Å². The third-order valence-corrected chi connectivity index (χ3v) is 2.39. The molecule has 0 spiro atoms. The molecular weight excluding hydrogens is 216 g/mol. The first-order valence-electron chi connectivity index (χ1n) is 6.15. The molecule has 0 aliphatic carbocycles. The molecule has 1 rings (SSSR count). The summed E-state index contributed by atoms with van der Waals surface area (Å²) in [4.78, 5) is 0. The van der Waals surface area contributed by atoms with Crippen LogP contribution in [0.4, 0.5) is 0 Å². The molecule has 0 aliphatic rings. The van der Waals surface area contributed by atoms with E-state index in [2.05, 4.69) is 19.1 Å². The molecule has 0 amide bonds. The summed E-state index contributed by atoms with van der Waals surface area (Å²) in [6.45, 7) is 4.61. The second kappa shape index (κ2) is 9.02. The summed E-state index contributed by atoms with van der Waals surface area (Å²) < 4.78 is 15.7. The van der Waals surface area contributed by atoms with E-state index in [1.165, 1.54) is 12.0 Å². The molecule has 0 aromatic heterocycles. The van der Waals surface area contributed by atoms with Gasteiger partial charge in [0.05, 0.1) is 19.8 Å². The standard InChI is InChI=1S/C14H22O3/c1-3-4-13-5-7-14(8-6-13)17-12-11-16-10-9-15-2/h5-8H,3-4,9-12H2,1-2H3. The van der Waals surface area contributed by atoms with Crippen LogP contribution in [0.2, 0.25) is 0 Å². The van der Waals surface area contributed by atoms with Gasteiger partial charge in [-0.25, -0.2) is 0 Å². The summed E-state index contributed by atoms with van der Waals surface area (Å²) >= 11 is 0. The Morgan fingerprint density at radius 1 is 0.941 bits per heavy atom. The minimum atomic E-state index is 0.580. The number of rotatable bonds is 9. The topological polar surface area (TPSA) is 27.7 Å². The first kappa shape index (κ1) is 14.0. The molecule has 0 saturated heterocycles. The highest BCUT2D eigenvalue weighted by molar-refractivity contribution is 5.27. The zero-order chi connectivity index (χ0) is 12.3. The lowest BCUT2D eigenvalue weighted by atomic mass is 10.1. The molecule has 0 atom stereocenters. The summed E-state index contributed by atoms with van der Waals surface area (Å²) in [5, 5.41) is 0. The maximum atomic E-state index is 5.55. The van der Waals surface area contributed by atoms with Gasteiger partial charge >= 0.3 is 0 Å². The minimum Gasteiger partial charge on any atom is -0.491 e. The Hall–Kier alpha value is -1.06. The number of hydrogen-bond donors (Lipinski definition) is 0. The number of benzene rings is 1. The molecule has 17 heavy (non-hydrogen) atoms. The fourth-order valence-corrected chi connectivity index (χ4v) is 1.50. The molecule has 3 nitrogen and oxygen atoms in total. The summed E-state index contributed by atoms with van der Waals surface area (Å²) in [5.41, 5.74) is 1.36. The second-order valence-electron chi connectivity index (χ2n) is 3.85. The fraction of sp³-hybridized carbons (Fsp3) is 0.571. The smallest absolute Gasteiger partial charge is 0.119 e. The molecule has 0 heterocycles. The van der Waals surface area contributed by atoms with Gasteiger partial charge in [0.25, 0.3) is 0 Å². The molecule has 0 saturated carbocycles. The highest BCUT2D eigenvalue weighted by Gasteiger charge is 1.95. The van der Waals surface area contributed by atoms with Gasteiger partial charge in [-0.3, -0.25) is 0 Å². The average molecular weight is 238 g/mol. The zero-order valence-electron chi connectivity index (χ0n) is 10.8. The van der Waals surface area contributed by atoms with Crippen molar-refractivity contribution in [3.05, 3.63) is 29.8 Å². The van der Waals surface area contributed by atoms with E-state index in [4.69, 9.17) is 14.2 Å². The summed E-state index contributed by atoms with van der Waals surface area (Å²) in [7, 11) is 1.66. The van der Waals surface area contributed by atoms with Crippen molar-refractivity contribution in [2.24, 2.45) is 0 Å². The number of ether oxygens (including phenoxy) is 3. The predicted molar refractivity (Wildman–Crippen MR) is 68.6 cm³/mol. The average Bonchev–Trinajstić information content (AvgIpc) is 2.36. The first-order chi connectivity index (χ1) is 8.36. The number of aryl methyl sites for hydroxylation is 1. The van der Waals surface area contributed by atoms with Crippen LogP contribution in [0.3, 0.4) is 0 Å². The van der Waals surface area contributed by atoms with Gasteiger partial charge in [0, 0.05) is 7.11 Å². The first-order valence-corrected chi connectivity index (χ1v) is 6.15. The lowest BCUT2D eigenvalue weighted by molar-refractivity contribution is 0.0544. The van der Waals surface area contributed by atoms with E-state index in [1.54, 1.807) is 7.11 Å². The lowest BCUT2D eigenvalue weighted by Crippen LogP contribution is -2.09. The zero-order valence-corrected chi connectivity index (χ0v) is 10.8. The van der Waals surface area contributed by atoms with Crippen LogP contribution in [0.5, 0.6) is 5.75 Å². The number of hydrogen-bond acceptors (Lipinski definition) is 3. The van der Waals surface area contributed by atoms with Crippen molar-refractivity contribution in [2.45, 2.75) is 19.8 Å². The van der Waals surface area contributed by atoms with Gasteiger partial charge in [0.15, 0.2) is 0 Å². The molecular formula is C14H22O3. The van der Waals surface area contributed by atoms with Crippen LogP contribution in [0.15, 0.2) is 24.3 Å². The third kappa shape index (κ3) is 6.29. The normalized spacial score (nSPS) is 10.5.